The number of hydrogen-bond acceptors (Lipinski definition) is 3. The third kappa shape index (κ3) is 5.09. The van der Waals surface area contributed by atoms with Crippen LogP contribution < -0.4 is 14.2 Å². The zero-order valence-corrected chi connectivity index (χ0v) is 17.7. The van der Waals surface area contributed by atoms with E-state index in [0.29, 0.717) is 0 Å². The number of methoxy groups -OCH3 is 3. The number of benzene rings is 3. The minimum absolute atomic E-state index is 0.751. The molecular formula is C25H30NO3+. The van der Waals surface area contributed by atoms with Crippen molar-refractivity contribution in [1.82, 2.24) is 0 Å². The molecular weight excluding hydrogens is 362 g/mol. The molecule has 0 aliphatic heterocycles. The van der Waals surface area contributed by atoms with Crippen LogP contribution in [0, 0.1) is 0 Å². The Balaban J connectivity index is 2.00. The minimum atomic E-state index is 0.751. The molecule has 3 rings (SSSR count). The molecule has 0 saturated heterocycles. The van der Waals surface area contributed by atoms with Crippen LogP contribution in [0.3, 0.4) is 0 Å². The molecule has 0 atom stereocenters. The van der Waals surface area contributed by atoms with Gasteiger partial charge in [0, 0.05) is 16.7 Å². The highest BCUT2D eigenvalue weighted by Crippen LogP contribution is 2.31. The second-order valence-corrected chi connectivity index (χ2v) is 7.53. The summed E-state index contributed by atoms with van der Waals surface area (Å²) in [5, 5.41) is 0. The maximum Gasteiger partial charge on any atom is 0.127 e. The third-order valence-corrected chi connectivity index (χ3v) is 5.23. The van der Waals surface area contributed by atoms with Gasteiger partial charge in [-0.1, -0.05) is 36.4 Å². The van der Waals surface area contributed by atoms with Crippen molar-refractivity contribution in [3.8, 4) is 17.2 Å². The van der Waals surface area contributed by atoms with Gasteiger partial charge in [-0.3, -0.25) is 0 Å². The van der Waals surface area contributed by atoms with Crippen molar-refractivity contribution in [1.29, 1.82) is 0 Å². The highest BCUT2D eigenvalue weighted by molar-refractivity contribution is 5.35. The topological polar surface area (TPSA) is 27.7 Å². The summed E-state index contributed by atoms with van der Waals surface area (Å²) in [6.45, 7) is 2.46. The average molecular weight is 393 g/mol. The van der Waals surface area contributed by atoms with Crippen molar-refractivity contribution in [3.05, 3.63) is 89.5 Å². The number of nitrogens with zero attached hydrogens (tertiary/aromatic N) is 1. The number of rotatable bonds is 9. The molecule has 0 saturated carbocycles. The van der Waals surface area contributed by atoms with Crippen molar-refractivity contribution in [2.75, 3.05) is 28.4 Å². The lowest BCUT2D eigenvalue weighted by Crippen LogP contribution is -2.42. The van der Waals surface area contributed by atoms with Crippen LogP contribution in [-0.4, -0.2) is 32.9 Å². The van der Waals surface area contributed by atoms with Gasteiger partial charge in [0.2, 0.25) is 0 Å². The van der Waals surface area contributed by atoms with Gasteiger partial charge in [0.15, 0.2) is 0 Å². The summed E-state index contributed by atoms with van der Waals surface area (Å²) >= 11 is 0. The van der Waals surface area contributed by atoms with Gasteiger partial charge in [0.05, 0.1) is 28.4 Å². The smallest absolute Gasteiger partial charge is 0.127 e. The molecule has 0 N–H and O–H groups in total. The van der Waals surface area contributed by atoms with Crippen molar-refractivity contribution < 1.29 is 18.7 Å². The number of quaternary nitrogens is 1. The van der Waals surface area contributed by atoms with E-state index in [1.807, 2.05) is 36.4 Å². The van der Waals surface area contributed by atoms with Crippen LogP contribution in [0.25, 0.3) is 0 Å². The maximum atomic E-state index is 5.62. The van der Waals surface area contributed by atoms with E-state index in [4.69, 9.17) is 14.2 Å². The molecule has 0 aliphatic rings. The summed E-state index contributed by atoms with van der Waals surface area (Å²) in [6, 6.07) is 24.7. The molecule has 29 heavy (non-hydrogen) atoms. The van der Waals surface area contributed by atoms with Gasteiger partial charge in [-0.25, -0.2) is 0 Å². The Morgan fingerprint density at radius 2 is 0.793 bits per heavy atom. The second-order valence-electron chi connectivity index (χ2n) is 7.53. The van der Waals surface area contributed by atoms with Crippen LogP contribution in [-0.2, 0) is 19.6 Å². The summed E-state index contributed by atoms with van der Waals surface area (Å²) < 4.78 is 17.6. The molecule has 0 heterocycles. The van der Waals surface area contributed by atoms with Gasteiger partial charge in [0.1, 0.15) is 36.9 Å². The van der Waals surface area contributed by atoms with Crippen LogP contribution in [0.5, 0.6) is 17.2 Å². The standard InChI is InChI=1S/C25H30NO3/c1-26(17-20-11-5-8-14-23(20)27-2,18-21-12-6-9-15-24(21)28-3)19-22-13-7-10-16-25(22)29-4/h5-16H,17-19H2,1-4H3/q+1. The van der Waals surface area contributed by atoms with Gasteiger partial charge >= 0.3 is 0 Å². The minimum Gasteiger partial charge on any atom is -0.496 e. The maximum absolute atomic E-state index is 5.62. The number of hydrogen-bond donors (Lipinski definition) is 0. The Labute approximate surface area is 173 Å². The van der Waals surface area contributed by atoms with E-state index in [0.717, 1.165) is 41.4 Å². The Morgan fingerprint density at radius 1 is 0.517 bits per heavy atom. The van der Waals surface area contributed by atoms with Crippen molar-refractivity contribution >= 4 is 0 Å². The van der Waals surface area contributed by atoms with Gasteiger partial charge < -0.3 is 18.7 Å². The van der Waals surface area contributed by atoms with E-state index in [9.17, 15) is 0 Å². The molecule has 3 aromatic carbocycles. The van der Waals surface area contributed by atoms with Crippen LogP contribution in [0.1, 0.15) is 16.7 Å². The average Bonchev–Trinajstić information content (AvgIpc) is 2.74. The lowest BCUT2D eigenvalue weighted by atomic mass is 10.1. The first-order valence-corrected chi connectivity index (χ1v) is 9.78. The lowest BCUT2D eigenvalue weighted by Gasteiger charge is -2.36. The third-order valence-electron chi connectivity index (χ3n) is 5.23. The highest BCUT2D eigenvalue weighted by Gasteiger charge is 2.27. The van der Waals surface area contributed by atoms with E-state index in [-0.39, 0.29) is 0 Å². The highest BCUT2D eigenvalue weighted by atomic mass is 16.5. The molecule has 0 aliphatic carbocycles. The number of ether oxygens (including phenoxy) is 3. The summed E-state index contributed by atoms with van der Waals surface area (Å²) in [7, 11) is 7.45. The van der Waals surface area contributed by atoms with Crippen LogP contribution in [0.15, 0.2) is 72.8 Å². The summed E-state index contributed by atoms with van der Waals surface area (Å²) in [4.78, 5) is 0. The van der Waals surface area contributed by atoms with Crippen LogP contribution in [0.2, 0.25) is 0 Å². The predicted molar refractivity (Wildman–Crippen MR) is 116 cm³/mol. The Kier molecular flexibility index (Phi) is 6.78. The molecule has 0 amide bonds. The normalized spacial score (nSPS) is 11.2. The first-order valence-electron chi connectivity index (χ1n) is 9.78. The van der Waals surface area contributed by atoms with E-state index < -0.39 is 0 Å². The fourth-order valence-corrected chi connectivity index (χ4v) is 3.90. The van der Waals surface area contributed by atoms with Crippen molar-refractivity contribution in [3.63, 3.8) is 0 Å². The van der Waals surface area contributed by atoms with Crippen molar-refractivity contribution in [2.45, 2.75) is 19.6 Å². The first-order chi connectivity index (χ1) is 14.1. The predicted octanol–water partition coefficient (Wildman–Crippen LogP) is 5.06. The molecule has 0 aromatic heterocycles. The van der Waals surface area contributed by atoms with E-state index in [2.05, 4.69) is 43.4 Å². The van der Waals surface area contributed by atoms with Gasteiger partial charge in [-0.2, -0.15) is 0 Å². The molecule has 0 unspecified atom stereocenters. The fourth-order valence-electron chi connectivity index (χ4n) is 3.90. The summed E-state index contributed by atoms with van der Waals surface area (Å²) in [5.74, 6) is 2.74. The molecule has 0 fully saturated rings. The van der Waals surface area contributed by atoms with Crippen LogP contribution in [0.4, 0.5) is 0 Å². The number of para-hydroxylation sites is 3. The molecule has 4 nitrogen and oxygen atoms in total. The van der Waals surface area contributed by atoms with E-state index in [1.54, 1.807) is 21.3 Å². The van der Waals surface area contributed by atoms with Gasteiger partial charge in [0.25, 0.3) is 0 Å². The quantitative estimate of drug-likeness (QED) is 0.477. The molecule has 3 aromatic rings. The lowest BCUT2D eigenvalue weighted by molar-refractivity contribution is -0.948. The fraction of sp³-hybridized carbons (Fsp3) is 0.280. The largest absolute Gasteiger partial charge is 0.496 e. The second kappa shape index (κ2) is 9.48. The molecule has 0 spiro atoms. The first kappa shape index (κ1) is 20.7. The van der Waals surface area contributed by atoms with E-state index in [1.165, 1.54) is 16.7 Å². The zero-order chi connectivity index (χ0) is 20.7. The van der Waals surface area contributed by atoms with E-state index >= 15 is 0 Å². The Hall–Kier alpha value is -2.98. The molecule has 0 bridgehead atoms. The molecule has 0 radical (unpaired) electrons. The Morgan fingerprint density at radius 3 is 1.07 bits per heavy atom. The zero-order valence-electron chi connectivity index (χ0n) is 17.7. The SMILES string of the molecule is COc1ccccc1C[N+](C)(Cc1ccccc1OC)Cc1ccccc1OC. The Bertz CT molecular complexity index is 818. The summed E-state index contributed by atoms with van der Waals surface area (Å²) in [6.07, 6.45) is 0. The molecule has 4 heteroatoms. The summed E-state index contributed by atoms with van der Waals surface area (Å²) in [5.41, 5.74) is 3.55. The molecule has 152 valence electrons. The van der Waals surface area contributed by atoms with Gasteiger partial charge in [-0.15, -0.1) is 0 Å². The van der Waals surface area contributed by atoms with Crippen LogP contribution >= 0.6 is 0 Å². The monoisotopic (exact) mass is 392 g/mol. The van der Waals surface area contributed by atoms with Crippen molar-refractivity contribution in [2.24, 2.45) is 0 Å². The van der Waals surface area contributed by atoms with Gasteiger partial charge in [-0.05, 0) is 36.4 Å².